The molecule has 0 saturated carbocycles. The lowest BCUT2D eigenvalue weighted by Gasteiger charge is -2.29. The fourth-order valence-corrected chi connectivity index (χ4v) is 2.41. The molecule has 1 unspecified atom stereocenters. The second-order valence-corrected chi connectivity index (χ2v) is 5.79. The van der Waals surface area contributed by atoms with Gasteiger partial charge < -0.3 is 5.32 Å². The maximum atomic E-state index is 12.8. The molecule has 1 rings (SSSR count). The van der Waals surface area contributed by atoms with Gasteiger partial charge in [-0.2, -0.15) is 0 Å². The van der Waals surface area contributed by atoms with Crippen molar-refractivity contribution >= 4 is 11.6 Å². The average Bonchev–Trinajstić information content (AvgIpc) is 2.49. The van der Waals surface area contributed by atoms with Gasteiger partial charge in [-0.05, 0) is 39.1 Å². The van der Waals surface area contributed by atoms with Gasteiger partial charge in [0.2, 0.25) is 5.91 Å². The molecule has 4 heteroatoms. The second-order valence-electron chi connectivity index (χ2n) is 5.79. The number of benzene rings is 1. The van der Waals surface area contributed by atoms with Crippen LogP contribution in [0.5, 0.6) is 0 Å². The number of hydrogen-bond donors (Lipinski definition) is 1. The molecular weight excluding hydrogens is 286 g/mol. The number of aryl methyl sites for hydroxylation is 2. The normalized spacial score (nSPS) is 11.8. The Balaban J connectivity index is 2.95. The van der Waals surface area contributed by atoms with Crippen LogP contribution in [0.3, 0.4) is 0 Å². The molecular formula is C19H25N3O. The first-order chi connectivity index (χ1) is 10.9. The Morgan fingerprint density at radius 3 is 2.26 bits per heavy atom. The van der Waals surface area contributed by atoms with Crippen molar-refractivity contribution in [1.29, 1.82) is 0 Å². The quantitative estimate of drug-likeness (QED) is 0.779. The molecule has 23 heavy (non-hydrogen) atoms. The van der Waals surface area contributed by atoms with Gasteiger partial charge in [-0.15, -0.1) is 12.8 Å². The Kier molecular flexibility index (Phi) is 7.35. The van der Waals surface area contributed by atoms with E-state index < -0.39 is 0 Å². The van der Waals surface area contributed by atoms with Gasteiger partial charge in [0, 0.05) is 12.2 Å². The highest BCUT2D eigenvalue weighted by atomic mass is 16.2. The van der Waals surface area contributed by atoms with Crippen molar-refractivity contribution in [2.45, 2.75) is 19.9 Å². The van der Waals surface area contributed by atoms with E-state index in [0.29, 0.717) is 19.6 Å². The van der Waals surface area contributed by atoms with Crippen molar-refractivity contribution in [3.05, 3.63) is 29.3 Å². The third-order valence-corrected chi connectivity index (χ3v) is 3.75. The molecule has 1 aromatic carbocycles. The van der Waals surface area contributed by atoms with Gasteiger partial charge in [0.1, 0.15) is 6.04 Å². The first kappa shape index (κ1) is 18.8. The van der Waals surface area contributed by atoms with Crippen molar-refractivity contribution in [2.75, 3.05) is 39.0 Å². The summed E-state index contributed by atoms with van der Waals surface area (Å²) in [6.45, 7) is 5.35. The molecule has 4 nitrogen and oxygen atoms in total. The molecule has 0 spiro atoms. The van der Waals surface area contributed by atoms with Gasteiger partial charge in [-0.1, -0.05) is 30.0 Å². The van der Waals surface area contributed by atoms with Crippen LogP contribution in [-0.4, -0.2) is 55.5 Å². The molecule has 0 saturated heterocycles. The third kappa shape index (κ3) is 5.45. The van der Waals surface area contributed by atoms with Crippen LogP contribution in [0.4, 0.5) is 5.69 Å². The van der Waals surface area contributed by atoms with E-state index in [1.165, 1.54) is 0 Å². The van der Waals surface area contributed by atoms with Gasteiger partial charge in [0.05, 0.1) is 13.1 Å². The van der Waals surface area contributed by atoms with Gasteiger partial charge in [0.15, 0.2) is 0 Å². The molecule has 0 aliphatic heterocycles. The van der Waals surface area contributed by atoms with Crippen LogP contribution < -0.4 is 5.32 Å². The molecule has 0 radical (unpaired) electrons. The van der Waals surface area contributed by atoms with E-state index in [2.05, 4.69) is 17.2 Å². The summed E-state index contributed by atoms with van der Waals surface area (Å²) < 4.78 is 0. The molecule has 1 aromatic rings. The van der Waals surface area contributed by atoms with Crippen LogP contribution in [0.25, 0.3) is 0 Å². The maximum Gasteiger partial charge on any atom is 0.243 e. The Hall–Kier alpha value is -2.27. The Morgan fingerprint density at radius 2 is 1.74 bits per heavy atom. The number of nitrogens with one attached hydrogen (secondary N) is 1. The fourth-order valence-electron chi connectivity index (χ4n) is 2.41. The summed E-state index contributed by atoms with van der Waals surface area (Å²) in [7, 11) is 3.74. The largest absolute Gasteiger partial charge is 0.324 e. The summed E-state index contributed by atoms with van der Waals surface area (Å²) in [4.78, 5) is 16.6. The predicted octanol–water partition coefficient (Wildman–Crippen LogP) is 1.74. The summed E-state index contributed by atoms with van der Waals surface area (Å²) in [6, 6.07) is 5.56. The molecule has 122 valence electrons. The van der Waals surface area contributed by atoms with Gasteiger partial charge in [-0.25, -0.2) is 0 Å². The molecule has 1 N–H and O–H groups in total. The number of para-hydroxylation sites is 1. The second kappa shape index (κ2) is 9.00. The SMILES string of the molecule is C#CCN(C)CC(C(=O)Nc1c(C)cccc1C)N(C)CC#C. The van der Waals surface area contributed by atoms with Crippen LogP contribution >= 0.6 is 0 Å². The third-order valence-electron chi connectivity index (χ3n) is 3.75. The van der Waals surface area contributed by atoms with E-state index in [1.54, 1.807) is 0 Å². The lowest BCUT2D eigenvalue weighted by Crippen LogP contribution is -2.48. The molecule has 0 aliphatic carbocycles. The Bertz CT molecular complexity index is 604. The van der Waals surface area contributed by atoms with Gasteiger partial charge >= 0.3 is 0 Å². The zero-order valence-corrected chi connectivity index (χ0v) is 14.4. The summed E-state index contributed by atoms with van der Waals surface area (Å²) in [5.74, 6) is 5.09. The van der Waals surface area contributed by atoms with Crippen LogP contribution in [-0.2, 0) is 4.79 Å². The van der Waals surface area contributed by atoms with E-state index >= 15 is 0 Å². The number of nitrogens with zero attached hydrogens (tertiary/aromatic N) is 2. The summed E-state index contributed by atoms with van der Waals surface area (Å²) in [6.07, 6.45) is 10.7. The number of carbonyl (C=O) groups excluding carboxylic acids is 1. The molecule has 0 aromatic heterocycles. The predicted molar refractivity (Wildman–Crippen MR) is 96.1 cm³/mol. The minimum absolute atomic E-state index is 0.0796. The number of rotatable bonds is 7. The van der Waals surface area contributed by atoms with E-state index in [0.717, 1.165) is 16.8 Å². The van der Waals surface area contributed by atoms with E-state index in [1.807, 2.05) is 55.9 Å². The van der Waals surface area contributed by atoms with Crippen molar-refractivity contribution in [2.24, 2.45) is 0 Å². The number of likely N-dealkylation sites (N-methyl/N-ethyl adjacent to an activating group) is 2. The average molecular weight is 311 g/mol. The highest BCUT2D eigenvalue weighted by Gasteiger charge is 2.25. The van der Waals surface area contributed by atoms with E-state index in [4.69, 9.17) is 12.8 Å². The Morgan fingerprint density at radius 1 is 1.17 bits per heavy atom. The first-order valence-electron chi connectivity index (χ1n) is 7.53. The monoisotopic (exact) mass is 311 g/mol. The first-order valence-corrected chi connectivity index (χ1v) is 7.53. The lowest BCUT2D eigenvalue weighted by atomic mass is 10.1. The van der Waals surface area contributed by atoms with Crippen LogP contribution in [0.2, 0.25) is 0 Å². The molecule has 0 fully saturated rings. The van der Waals surface area contributed by atoms with Crippen molar-refractivity contribution in [1.82, 2.24) is 9.80 Å². The van der Waals surface area contributed by atoms with Gasteiger partial charge in [0.25, 0.3) is 0 Å². The standard InChI is InChI=1S/C19H25N3O/c1-7-12-21(5)14-17(22(6)13-8-2)19(23)20-18-15(3)10-9-11-16(18)4/h1-2,9-11,17H,12-14H2,3-6H3,(H,20,23). The summed E-state index contributed by atoms with van der Waals surface area (Å²) in [5.41, 5.74) is 2.93. The molecule has 1 atom stereocenters. The number of carbonyl (C=O) groups is 1. The van der Waals surface area contributed by atoms with Crippen LogP contribution in [0.1, 0.15) is 11.1 Å². The number of anilines is 1. The van der Waals surface area contributed by atoms with Crippen molar-refractivity contribution in [3.63, 3.8) is 0 Å². The molecule has 0 bridgehead atoms. The minimum atomic E-state index is -0.372. The Labute approximate surface area is 139 Å². The highest BCUT2D eigenvalue weighted by molar-refractivity contribution is 5.96. The van der Waals surface area contributed by atoms with Crippen LogP contribution in [0, 0.1) is 38.5 Å². The number of terminal acetylenes is 2. The zero-order valence-electron chi connectivity index (χ0n) is 14.4. The molecule has 0 heterocycles. The van der Waals surface area contributed by atoms with Crippen molar-refractivity contribution in [3.8, 4) is 24.7 Å². The summed E-state index contributed by atoms with van der Waals surface area (Å²) >= 11 is 0. The van der Waals surface area contributed by atoms with Gasteiger partial charge in [-0.3, -0.25) is 14.6 Å². The van der Waals surface area contributed by atoms with Crippen molar-refractivity contribution < 1.29 is 4.79 Å². The number of hydrogen-bond acceptors (Lipinski definition) is 3. The minimum Gasteiger partial charge on any atom is -0.324 e. The van der Waals surface area contributed by atoms with Crippen LogP contribution in [0.15, 0.2) is 18.2 Å². The lowest BCUT2D eigenvalue weighted by molar-refractivity contribution is -0.121. The number of amides is 1. The van der Waals surface area contributed by atoms with E-state index in [-0.39, 0.29) is 11.9 Å². The highest BCUT2D eigenvalue weighted by Crippen LogP contribution is 2.20. The fraction of sp³-hybridized carbons (Fsp3) is 0.421. The zero-order chi connectivity index (χ0) is 17.4. The van der Waals surface area contributed by atoms with E-state index in [9.17, 15) is 4.79 Å². The molecule has 1 amide bonds. The topological polar surface area (TPSA) is 35.6 Å². The summed E-state index contributed by atoms with van der Waals surface area (Å²) in [5, 5.41) is 3.04. The molecule has 0 aliphatic rings. The smallest absolute Gasteiger partial charge is 0.243 e. The maximum absolute atomic E-state index is 12.8.